The highest BCUT2D eigenvalue weighted by Crippen LogP contribution is 2.31. The summed E-state index contributed by atoms with van der Waals surface area (Å²) in [6.45, 7) is 0.783. The molecule has 30 heavy (non-hydrogen) atoms. The molecule has 1 aliphatic heterocycles. The molecule has 0 saturated carbocycles. The van der Waals surface area contributed by atoms with Crippen molar-refractivity contribution in [2.45, 2.75) is 31.6 Å². The van der Waals surface area contributed by atoms with Gasteiger partial charge in [-0.25, -0.2) is 14.1 Å². The maximum atomic E-state index is 14.1. The standard InChI is InChI=1S/C16H16Cl2FN7O4/c17-13-9-6-20-16(18)21-14(9)24(22-13)3-1-4-30-15-12(26(27)28)7-25(23-15)11-2-5-29-8-10(11)19/h6-7,10-11H,1-5,8H2/t10-,11-/m1/s1. The van der Waals surface area contributed by atoms with Crippen LogP contribution in [0.3, 0.4) is 0 Å². The van der Waals surface area contributed by atoms with Crippen LogP contribution in [0.4, 0.5) is 10.1 Å². The third-order valence-corrected chi connectivity index (χ3v) is 5.10. The largest absolute Gasteiger partial charge is 0.472 e. The molecule has 3 aromatic rings. The molecule has 3 aromatic heterocycles. The highest BCUT2D eigenvalue weighted by atomic mass is 35.5. The number of alkyl halides is 1. The van der Waals surface area contributed by atoms with E-state index in [-0.39, 0.29) is 35.2 Å². The Balaban J connectivity index is 1.43. The Kier molecular flexibility index (Phi) is 5.97. The van der Waals surface area contributed by atoms with E-state index < -0.39 is 17.1 Å². The third kappa shape index (κ3) is 4.16. The Morgan fingerprint density at radius 1 is 1.40 bits per heavy atom. The smallest absolute Gasteiger partial charge is 0.350 e. The molecule has 0 spiro atoms. The second kappa shape index (κ2) is 8.66. The van der Waals surface area contributed by atoms with Crippen molar-refractivity contribution in [1.29, 1.82) is 0 Å². The Morgan fingerprint density at radius 2 is 2.23 bits per heavy atom. The number of nitrogens with zero attached hydrogens (tertiary/aromatic N) is 7. The van der Waals surface area contributed by atoms with E-state index in [1.165, 1.54) is 17.1 Å². The summed E-state index contributed by atoms with van der Waals surface area (Å²) >= 11 is 11.9. The van der Waals surface area contributed by atoms with Crippen LogP contribution < -0.4 is 4.74 Å². The van der Waals surface area contributed by atoms with Gasteiger partial charge in [-0.3, -0.25) is 14.8 Å². The molecule has 11 nitrogen and oxygen atoms in total. The minimum Gasteiger partial charge on any atom is -0.472 e. The number of hydrogen-bond donors (Lipinski definition) is 0. The van der Waals surface area contributed by atoms with Crippen LogP contribution in [0.15, 0.2) is 12.4 Å². The number of rotatable bonds is 7. The Bertz CT molecular complexity index is 1080. The quantitative estimate of drug-likeness (QED) is 0.228. The predicted molar refractivity (Wildman–Crippen MR) is 104 cm³/mol. The highest BCUT2D eigenvalue weighted by Gasteiger charge is 2.31. The fourth-order valence-corrected chi connectivity index (χ4v) is 3.55. The van der Waals surface area contributed by atoms with Crippen molar-refractivity contribution >= 4 is 39.9 Å². The van der Waals surface area contributed by atoms with Gasteiger partial charge >= 0.3 is 11.6 Å². The number of aryl methyl sites for hydroxylation is 1. The van der Waals surface area contributed by atoms with Crippen molar-refractivity contribution in [3.05, 3.63) is 32.9 Å². The molecule has 1 fully saturated rings. The number of hydrogen-bond acceptors (Lipinski definition) is 8. The predicted octanol–water partition coefficient (Wildman–Crippen LogP) is 3.01. The van der Waals surface area contributed by atoms with Gasteiger partial charge in [0.15, 0.2) is 10.8 Å². The first-order chi connectivity index (χ1) is 14.4. The summed E-state index contributed by atoms with van der Waals surface area (Å²) in [7, 11) is 0. The van der Waals surface area contributed by atoms with Gasteiger partial charge in [0.1, 0.15) is 12.4 Å². The Morgan fingerprint density at radius 3 is 3.00 bits per heavy atom. The van der Waals surface area contributed by atoms with E-state index >= 15 is 0 Å². The molecule has 1 saturated heterocycles. The SMILES string of the molecule is O=[N+]([O-])c1cn([C@@H]2CCOC[C@H]2F)nc1OCCCn1nc(Cl)c2cnc(Cl)nc21. The second-order valence-corrected chi connectivity index (χ2v) is 7.29. The normalized spacial score (nSPS) is 19.3. The van der Waals surface area contributed by atoms with Crippen LogP contribution in [0, 0.1) is 10.1 Å². The highest BCUT2D eigenvalue weighted by molar-refractivity contribution is 6.34. The zero-order valence-electron chi connectivity index (χ0n) is 15.4. The number of halogens is 3. The second-order valence-electron chi connectivity index (χ2n) is 6.60. The van der Waals surface area contributed by atoms with Gasteiger partial charge in [0, 0.05) is 25.8 Å². The fourth-order valence-electron chi connectivity index (χ4n) is 3.19. The van der Waals surface area contributed by atoms with E-state index in [4.69, 9.17) is 32.7 Å². The monoisotopic (exact) mass is 459 g/mol. The summed E-state index contributed by atoms with van der Waals surface area (Å²) < 4.78 is 27.5. The van der Waals surface area contributed by atoms with Crippen LogP contribution in [-0.2, 0) is 11.3 Å². The van der Waals surface area contributed by atoms with Gasteiger partial charge in [-0.05, 0) is 18.0 Å². The molecule has 160 valence electrons. The van der Waals surface area contributed by atoms with Crippen molar-refractivity contribution in [3.63, 3.8) is 0 Å². The molecule has 14 heteroatoms. The van der Waals surface area contributed by atoms with Crippen LogP contribution in [0.1, 0.15) is 18.9 Å². The molecular weight excluding hydrogens is 444 g/mol. The maximum Gasteiger partial charge on any atom is 0.350 e. The summed E-state index contributed by atoms with van der Waals surface area (Å²) in [5.74, 6) is -0.160. The average Bonchev–Trinajstić information content (AvgIpc) is 3.27. The first-order valence-electron chi connectivity index (χ1n) is 9.06. The van der Waals surface area contributed by atoms with Crippen molar-refractivity contribution < 1.29 is 18.8 Å². The summed E-state index contributed by atoms with van der Waals surface area (Å²) in [5.41, 5.74) is 0.157. The van der Waals surface area contributed by atoms with Crippen molar-refractivity contribution in [3.8, 4) is 5.88 Å². The Hall–Kier alpha value is -2.57. The van der Waals surface area contributed by atoms with Crippen molar-refractivity contribution in [2.75, 3.05) is 19.8 Å². The molecule has 1 aliphatic rings. The number of nitro groups is 1. The summed E-state index contributed by atoms with van der Waals surface area (Å²) in [4.78, 5) is 18.7. The van der Waals surface area contributed by atoms with E-state index in [0.29, 0.717) is 37.0 Å². The van der Waals surface area contributed by atoms with Gasteiger partial charge in [0.25, 0.3) is 0 Å². The molecule has 0 bridgehead atoms. The van der Waals surface area contributed by atoms with Gasteiger partial charge in [-0.15, -0.1) is 5.10 Å². The lowest BCUT2D eigenvalue weighted by atomic mass is 10.1. The summed E-state index contributed by atoms with van der Waals surface area (Å²) in [6.07, 6.45) is 2.19. The van der Waals surface area contributed by atoms with Gasteiger partial charge in [0.05, 0.1) is 29.6 Å². The van der Waals surface area contributed by atoms with Crippen molar-refractivity contribution in [2.24, 2.45) is 0 Å². The van der Waals surface area contributed by atoms with Crippen molar-refractivity contribution in [1.82, 2.24) is 29.5 Å². The van der Waals surface area contributed by atoms with E-state index in [0.717, 1.165) is 0 Å². The number of fused-ring (bicyclic) bond motifs is 1. The molecule has 0 N–H and O–H groups in total. The molecular formula is C16H16Cl2FN7O4. The fraction of sp³-hybridized carbons (Fsp3) is 0.500. The first-order valence-corrected chi connectivity index (χ1v) is 9.82. The zero-order chi connectivity index (χ0) is 21.3. The maximum absolute atomic E-state index is 14.1. The lowest BCUT2D eigenvalue weighted by Gasteiger charge is -2.25. The van der Waals surface area contributed by atoms with E-state index in [9.17, 15) is 14.5 Å². The third-order valence-electron chi connectivity index (χ3n) is 4.64. The molecule has 0 unspecified atom stereocenters. The molecule has 0 aliphatic carbocycles. The lowest BCUT2D eigenvalue weighted by Crippen LogP contribution is -2.31. The van der Waals surface area contributed by atoms with Gasteiger partial charge in [-0.1, -0.05) is 11.6 Å². The molecule has 4 heterocycles. The minimum atomic E-state index is -1.29. The van der Waals surface area contributed by atoms with Crippen LogP contribution in [0.25, 0.3) is 11.0 Å². The molecule has 0 radical (unpaired) electrons. The molecule has 2 atom stereocenters. The first kappa shape index (κ1) is 20.7. The van der Waals surface area contributed by atoms with Gasteiger partial charge in [0.2, 0.25) is 5.28 Å². The topological polar surface area (TPSA) is 123 Å². The summed E-state index contributed by atoms with van der Waals surface area (Å²) in [5, 5.41) is 20.5. The van der Waals surface area contributed by atoms with E-state index in [2.05, 4.69) is 20.2 Å². The number of ether oxygens (including phenoxy) is 2. The van der Waals surface area contributed by atoms with Crippen LogP contribution in [0.5, 0.6) is 5.88 Å². The summed E-state index contributed by atoms with van der Waals surface area (Å²) in [6, 6.07) is -0.628. The van der Waals surface area contributed by atoms with Gasteiger partial charge in [-0.2, -0.15) is 10.1 Å². The van der Waals surface area contributed by atoms with E-state index in [1.54, 1.807) is 4.68 Å². The Labute approximate surface area is 178 Å². The minimum absolute atomic E-state index is 0.0667. The lowest BCUT2D eigenvalue weighted by molar-refractivity contribution is -0.386. The molecule has 0 amide bonds. The number of aromatic nitrogens is 6. The average molecular weight is 460 g/mol. The van der Waals surface area contributed by atoms with Crippen LogP contribution in [0.2, 0.25) is 10.4 Å². The zero-order valence-corrected chi connectivity index (χ0v) is 17.0. The van der Waals surface area contributed by atoms with Gasteiger partial charge < -0.3 is 9.47 Å². The van der Waals surface area contributed by atoms with Crippen LogP contribution in [-0.4, -0.2) is 60.4 Å². The molecule has 0 aromatic carbocycles. The van der Waals surface area contributed by atoms with E-state index in [1.807, 2.05) is 0 Å². The van der Waals surface area contributed by atoms with Crippen LogP contribution >= 0.6 is 23.2 Å². The molecule has 4 rings (SSSR count).